The van der Waals surface area contributed by atoms with E-state index in [0.29, 0.717) is 5.92 Å². The van der Waals surface area contributed by atoms with E-state index in [2.05, 4.69) is 11.1 Å². The van der Waals surface area contributed by atoms with Crippen molar-refractivity contribution in [1.82, 2.24) is 4.98 Å². The summed E-state index contributed by atoms with van der Waals surface area (Å²) >= 11 is 0. The number of aliphatic hydroxyl groups excluding tert-OH is 1. The van der Waals surface area contributed by atoms with Gasteiger partial charge in [-0.3, -0.25) is 0 Å². The number of aromatic amines is 1. The Bertz CT molecular complexity index is 528. The monoisotopic (exact) mass is 244 g/mol. The van der Waals surface area contributed by atoms with Gasteiger partial charge in [0.15, 0.2) is 0 Å². The minimum absolute atomic E-state index is 0.271. The van der Waals surface area contributed by atoms with E-state index >= 15 is 0 Å². The van der Waals surface area contributed by atoms with E-state index in [1.54, 1.807) is 0 Å². The van der Waals surface area contributed by atoms with Crippen molar-refractivity contribution in [2.45, 2.75) is 37.8 Å². The van der Waals surface area contributed by atoms with Crippen molar-refractivity contribution in [3.05, 3.63) is 36.0 Å². The van der Waals surface area contributed by atoms with Crippen LogP contribution in [0.15, 0.2) is 30.5 Å². The number of nitrogens with one attached hydrogen (secondary N) is 1. The van der Waals surface area contributed by atoms with Crippen LogP contribution < -0.4 is 5.73 Å². The molecule has 1 aliphatic rings. The lowest BCUT2D eigenvalue weighted by molar-refractivity contribution is 0.0845. The maximum absolute atomic E-state index is 10.4. The number of nitrogens with two attached hydrogens (primary N) is 1. The topological polar surface area (TPSA) is 62.0 Å². The lowest BCUT2D eigenvalue weighted by Gasteiger charge is -2.24. The third-order valence-electron chi connectivity index (χ3n) is 4.21. The zero-order valence-corrected chi connectivity index (χ0v) is 10.5. The molecule has 1 aliphatic carbocycles. The molecule has 1 aromatic carbocycles. The van der Waals surface area contributed by atoms with E-state index in [1.165, 1.54) is 12.8 Å². The summed E-state index contributed by atoms with van der Waals surface area (Å²) in [5, 5.41) is 11.5. The predicted octanol–water partition coefficient (Wildman–Crippen LogP) is 2.72. The second kappa shape index (κ2) is 4.75. The number of hydrogen-bond acceptors (Lipinski definition) is 2. The van der Waals surface area contributed by atoms with E-state index in [9.17, 15) is 5.11 Å². The Labute approximate surface area is 107 Å². The molecule has 3 rings (SSSR count). The fourth-order valence-corrected chi connectivity index (χ4v) is 3.07. The highest BCUT2D eigenvalue weighted by Gasteiger charge is 2.28. The molecule has 1 saturated carbocycles. The first-order valence-electron chi connectivity index (χ1n) is 6.76. The van der Waals surface area contributed by atoms with Crippen molar-refractivity contribution in [3.8, 4) is 0 Å². The van der Waals surface area contributed by atoms with E-state index in [0.717, 1.165) is 29.3 Å². The number of H-pyrrole nitrogens is 1. The van der Waals surface area contributed by atoms with Gasteiger partial charge in [0.05, 0.1) is 12.1 Å². The first kappa shape index (κ1) is 11.8. The van der Waals surface area contributed by atoms with Crippen molar-refractivity contribution < 1.29 is 5.11 Å². The third kappa shape index (κ3) is 2.04. The fraction of sp³-hybridized carbons (Fsp3) is 0.467. The van der Waals surface area contributed by atoms with Gasteiger partial charge in [-0.05, 0) is 47.9 Å². The molecule has 18 heavy (non-hydrogen) atoms. The summed E-state index contributed by atoms with van der Waals surface area (Å²) in [4.78, 5) is 3.17. The van der Waals surface area contributed by atoms with Crippen molar-refractivity contribution >= 4 is 10.9 Å². The summed E-state index contributed by atoms with van der Waals surface area (Å²) < 4.78 is 0. The van der Waals surface area contributed by atoms with Crippen molar-refractivity contribution in [2.75, 3.05) is 0 Å². The molecule has 2 aromatic rings. The number of aliphatic hydroxyl groups is 1. The zero-order valence-electron chi connectivity index (χ0n) is 10.5. The normalized spacial score (nSPS) is 20.3. The van der Waals surface area contributed by atoms with Gasteiger partial charge in [-0.2, -0.15) is 0 Å². The zero-order chi connectivity index (χ0) is 12.5. The highest BCUT2D eigenvalue weighted by Crippen LogP contribution is 2.33. The maximum Gasteiger partial charge on any atom is 0.0760 e. The summed E-state index contributed by atoms with van der Waals surface area (Å²) in [7, 11) is 0. The average molecular weight is 244 g/mol. The van der Waals surface area contributed by atoms with E-state index in [4.69, 9.17) is 5.73 Å². The van der Waals surface area contributed by atoms with Gasteiger partial charge in [-0.15, -0.1) is 0 Å². The number of benzene rings is 1. The van der Waals surface area contributed by atoms with Crippen LogP contribution in [0.2, 0.25) is 0 Å². The Morgan fingerprint density at radius 1 is 1.22 bits per heavy atom. The Kier molecular flexibility index (Phi) is 3.10. The number of fused-ring (bicyclic) bond motifs is 1. The van der Waals surface area contributed by atoms with Gasteiger partial charge < -0.3 is 15.8 Å². The molecule has 3 nitrogen and oxygen atoms in total. The van der Waals surface area contributed by atoms with Crippen LogP contribution in [0.25, 0.3) is 10.9 Å². The molecule has 0 aliphatic heterocycles. The second-order valence-corrected chi connectivity index (χ2v) is 5.39. The van der Waals surface area contributed by atoms with E-state index in [-0.39, 0.29) is 6.04 Å². The SMILES string of the molecule is N[C@H](c1ccc2[nH]ccc2c1)[C@@H](O)C1CCCC1. The Morgan fingerprint density at radius 2 is 2.00 bits per heavy atom. The minimum Gasteiger partial charge on any atom is -0.391 e. The number of rotatable bonds is 3. The molecule has 0 bridgehead atoms. The Balaban J connectivity index is 1.83. The molecule has 2 atom stereocenters. The summed E-state index contributed by atoms with van der Waals surface area (Å²) in [6.07, 6.45) is 6.19. The maximum atomic E-state index is 10.4. The third-order valence-corrected chi connectivity index (χ3v) is 4.21. The minimum atomic E-state index is -0.413. The van der Waals surface area contributed by atoms with Gasteiger partial charge >= 0.3 is 0 Å². The first-order chi connectivity index (χ1) is 8.75. The van der Waals surface area contributed by atoms with Crippen LogP contribution in [0.1, 0.15) is 37.3 Å². The molecule has 0 spiro atoms. The molecule has 0 radical (unpaired) electrons. The van der Waals surface area contributed by atoms with Crippen LogP contribution in [0.5, 0.6) is 0 Å². The van der Waals surface area contributed by atoms with Crippen LogP contribution in [0, 0.1) is 5.92 Å². The summed E-state index contributed by atoms with van der Waals surface area (Å²) in [6, 6.07) is 7.89. The molecular weight excluding hydrogens is 224 g/mol. The van der Waals surface area contributed by atoms with Crippen molar-refractivity contribution in [1.29, 1.82) is 0 Å². The molecule has 0 saturated heterocycles. The number of hydrogen-bond donors (Lipinski definition) is 3. The van der Waals surface area contributed by atoms with Gasteiger partial charge in [0, 0.05) is 11.7 Å². The molecule has 1 aromatic heterocycles. The van der Waals surface area contributed by atoms with Crippen LogP contribution >= 0.6 is 0 Å². The Hall–Kier alpha value is -1.32. The standard InChI is InChI=1S/C15H20N2O/c16-14(15(18)10-3-1-2-4-10)12-5-6-13-11(9-12)7-8-17-13/h5-10,14-15,17-18H,1-4,16H2/t14-,15+/m1/s1. The predicted molar refractivity (Wildman–Crippen MR) is 73.2 cm³/mol. The molecular formula is C15H20N2O. The largest absolute Gasteiger partial charge is 0.391 e. The van der Waals surface area contributed by atoms with Crippen LogP contribution in [0.3, 0.4) is 0 Å². The molecule has 96 valence electrons. The lowest BCUT2D eigenvalue weighted by Crippen LogP contribution is -2.31. The van der Waals surface area contributed by atoms with Crippen LogP contribution in [-0.2, 0) is 0 Å². The van der Waals surface area contributed by atoms with E-state index in [1.807, 2.05) is 24.4 Å². The second-order valence-electron chi connectivity index (χ2n) is 5.39. The molecule has 0 unspecified atom stereocenters. The average Bonchev–Trinajstić information content (AvgIpc) is 3.06. The summed E-state index contributed by atoms with van der Waals surface area (Å²) in [5.41, 5.74) is 8.36. The Morgan fingerprint density at radius 3 is 2.78 bits per heavy atom. The molecule has 1 heterocycles. The molecule has 4 N–H and O–H groups in total. The van der Waals surface area contributed by atoms with Gasteiger partial charge in [-0.25, -0.2) is 0 Å². The molecule has 0 amide bonds. The summed E-state index contributed by atoms with van der Waals surface area (Å²) in [5.74, 6) is 0.377. The molecule has 3 heteroatoms. The number of aromatic nitrogens is 1. The van der Waals surface area contributed by atoms with E-state index < -0.39 is 6.10 Å². The van der Waals surface area contributed by atoms with Gasteiger partial charge in [0.25, 0.3) is 0 Å². The van der Waals surface area contributed by atoms with Gasteiger partial charge in [-0.1, -0.05) is 18.9 Å². The van der Waals surface area contributed by atoms with Gasteiger partial charge in [0.1, 0.15) is 0 Å². The quantitative estimate of drug-likeness (QED) is 0.777. The highest BCUT2D eigenvalue weighted by molar-refractivity contribution is 5.80. The highest BCUT2D eigenvalue weighted by atomic mass is 16.3. The van der Waals surface area contributed by atoms with Crippen LogP contribution in [-0.4, -0.2) is 16.2 Å². The lowest BCUT2D eigenvalue weighted by atomic mass is 9.90. The first-order valence-corrected chi connectivity index (χ1v) is 6.76. The van der Waals surface area contributed by atoms with Gasteiger partial charge in [0.2, 0.25) is 0 Å². The summed E-state index contributed by atoms with van der Waals surface area (Å²) in [6.45, 7) is 0. The van der Waals surface area contributed by atoms with Crippen molar-refractivity contribution in [3.63, 3.8) is 0 Å². The van der Waals surface area contributed by atoms with Crippen LogP contribution in [0.4, 0.5) is 0 Å². The van der Waals surface area contributed by atoms with Crippen molar-refractivity contribution in [2.24, 2.45) is 11.7 Å². The smallest absolute Gasteiger partial charge is 0.0760 e. The molecule has 1 fully saturated rings. The fourth-order valence-electron chi connectivity index (χ4n) is 3.07.